The van der Waals surface area contributed by atoms with Crippen molar-refractivity contribution in [3.63, 3.8) is 0 Å². The first-order valence-corrected chi connectivity index (χ1v) is 7.15. The van der Waals surface area contributed by atoms with Crippen LogP contribution in [0, 0.1) is 5.92 Å². The highest BCUT2D eigenvalue weighted by Crippen LogP contribution is 2.36. The van der Waals surface area contributed by atoms with E-state index in [1.807, 2.05) is 12.1 Å². The summed E-state index contributed by atoms with van der Waals surface area (Å²) in [7, 11) is 0. The monoisotopic (exact) mass is 341 g/mol. The van der Waals surface area contributed by atoms with Crippen molar-refractivity contribution in [1.82, 2.24) is 5.32 Å². The second-order valence-electron chi connectivity index (χ2n) is 5.11. The molecule has 1 aliphatic rings. The molecular weight excluding hydrogens is 326 g/mol. The number of rotatable bonds is 4. The van der Waals surface area contributed by atoms with Gasteiger partial charge in [-0.2, -0.15) is 0 Å². The molecule has 1 aromatic rings. The van der Waals surface area contributed by atoms with E-state index >= 15 is 0 Å². The lowest BCUT2D eigenvalue weighted by Gasteiger charge is -2.20. The maximum atomic E-state index is 12.3. The Morgan fingerprint density at radius 2 is 2.15 bits per heavy atom. The molecule has 108 valence electrons. The highest BCUT2D eigenvalue weighted by atomic mass is 79.9. The van der Waals surface area contributed by atoms with E-state index in [0.717, 1.165) is 10.0 Å². The van der Waals surface area contributed by atoms with Crippen molar-refractivity contribution in [1.29, 1.82) is 0 Å². The Morgan fingerprint density at radius 1 is 1.45 bits per heavy atom. The molecule has 0 bridgehead atoms. The zero-order valence-corrected chi connectivity index (χ0v) is 12.8. The molecule has 0 saturated heterocycles. The second kappa shape index (κ2) is 5.83. The van der Waals surface area contributed by atoms with E-state index < -0.39 is 17.9 Å². The second-order valence-corrected chi connectivity index (χ2v) is 6.03. The Hall–Kier alpha value is -1.56. The van der Waals surface area contributed by atoms with Crippen LogP contribution in [0.1, 0.15) is 25.3 Å². The minimum atomic E-state index is -1.03. The number of nitrogens with one attached hydrogen (secondary N) is 1. The molecule has 1 aliphatic heterocycles. The highest BCUT2D eigenvalue weighted by Gasteiger charge is 2.33. The van der Waals surface area contributed by atoms with E-state index in [0.29, 0.717) is 5.75 Å². The maximum absolute atomic E-state index is 12.3. The fourth-order valence-electron chi connectivity index (χ4n) is 2.17. The van der Waals surface area contributed by atoms with Crippen molar-refractivity contribution >= 4 is 27.8 Å². The minimum absolute atomic E-state index is 0.180. The quantitative estimate of drug-likeness (QED) is 0.879. The molecule has 2 N–H and O–H groups in total. The van der Waals surface area contributed by atoms with Crippen LogP contribution in [0.5, 0.6) is 5.75 Å². The van der Waals surface area contributed by atoms with E-state index in [1.54, 1.807) is 19.9 Å². The summed E-state index contributed by atoms with van der Waals surface area (Å²) in [6.07, 6.45) is 0. The number of aliphatic carboxylic acids is 1. The summed E-state index contributed by atoms with van der Waals surface area (Å²) in [6, 6.07) is 4.58. The zero-order chi connectivity index (χ0) is 14.9. The molecule has 2 atom stereocenters. The number of carbonyl (C=O) groups is 2. The standard InChI is InChI=1S/C14H16BrNO4/c1-7(2)12(14(18)19)16-13(17)10-6-20-11-4-3-8(15)5-9(10)11/h3-5,7,10,12H,6H2,1-2H3,(H,16,17)(H,18,19). The fourth-order valence-corrected chi connectivity index (χ4v) is 2.55. The van der Waals surface area contributed by atoms with Crippen LogP contribution in [-0.4, -0.2) is 29.6 Å². The van der Waals surface area contributed by atoms with Crippen molar-refractivity contribution in [3.8, 4) is 5.75 Å². The third-order valence-corrected chi connectivity index (χ3v) is 3.79. The summed E-state index contributed by atoms with van der Waals surface area (Å²) >= 11 is 3.36. The number of hydrogen-bond donors (Lipinski definition) is 2. The topological polar surface area (TPSA) is 75.6 Å². The average Bonchev–Trinajstić information content (AvgIpc) is 2.77. The molecule has 1 aromatic carbocycles. The van der Waals surface area contributed by atoms with Crippen LogP contribution in [0.25, 0.3) is 0 Å². The van der Waals surface area contributed by atoms with Crippen LogP contribution in [0.3, 0.4) is 0 Å². The van der Waals surface area contributed by atoms with Gasteiger partial charge in [0.2, 0.25) is 5.91 Å². The van der Waals surface area contributed by atoms with Crippen molar-refractivity contribution in [3.05, 3.63) is 28.2 Å². The number of carboxylic acids is 1. The molecule has 6 heteroatoms. The van der Waals surface area contributed by atoms with Gasteiger partial charge in [-0.15, -0.1) is 0 Å². The lowest BCUT2D eigenvalue weighted by molar-refractivity contribution is -0.143. The minimum Gasteiger partial charge on any atom is -0.492 e. The summed E-state index contributed by atoms with van der Waals surface area (Å²) in [5.41, 5.74) is 0.782. The first kappa shape index (κ1) is 14.8. The third-order valence-electron chi connectivity index (χ3n) is 3.30. The van der Waals surface area contributed by atoms with Gasteiger partial charge in [0.15, 0.2) is 0 Å². The molecule has 0 aliphatic carbocycles. The molecule has 20 heavy (non-hydrogen) atoms. The van der Waals surface area contributed by atoms with Crippen LogP contribution in [0.15, 0.2) is 22.7 Å². The summed E-state index contributed by atoms with van der Waals surface area (Å²) in [5.74, 6) is -1.32. The summed E-state index contributed by atoms with van der Waals surface area (Å²) in [5, 5.41) is 11.7. The Balaban J connectivity index is 2.16. The number of benzene rings is 1. The average molecular weight is 342 g/mol. The molecule has 0 aromatic heterocycles. The van der Waals surface area contributed by atoms with Crippen LogP contribution in [-0.2, 0) is 9.59 Å². The predicted octanol–water partition coefficient (Wildman–Crippen LogP) is 2.15. The van der Waals surface area contributed by atoms with Crippen molar-refractivity contribution in [2.75, 3.05) is 6.61 Å². The third kappa shape index (κ3) is 2.95. The van der Waals surface area contributed by atoms with E-state index in [1.165, 1.54) is 0 Å². The largest absolute Gasteiger partial charge is 0.492 e. The molecule has 0 spiro atoms. The number of fused-ring (bicyclic) bond motifs is 1. The van der Waals surface area contributed by atoms with Crippen LogP contribution >= 0.6 is 15.9 Å². The molecule has 1 amide bonds. The number of amides is 1. The first-order valence-electron chi connectivity index (χ1n) is 6.35. The van der Waals surface area contributed by atoms with Gasteiger partial charge in [0.05, 0.1) is 0 Å². The number of halogens is 1. The van der Waals surface area contributed by atoms with E-state index in [9.17, 15) is 9.59 Å². The summed E-state index contributed by atoms with van der Waals surface area (Å²) < 4.78 is 6.32. The normalized spacial score (nSPS) is 18.3. The Kier molecular flexibility index (Phi) is 4.32. The lowest BCUT2D eigenvalue weighted by atomic mass is 9.98. The van der Waals surface area contributed by atoms with Crippen molar-refractivity contribution in [2.45, 2.75) is 25.8 Å². The molecule has 1 heterocycles. The van der Waals surface area contributed by atoms with Gasteiger partial charge in [-0.3, -0.25) is 4.79 Å². The van der Waals surface area contributed by atoms with Crippen LogP contribution in [0.4, 0.5) is 0 Å². The van der Waals surface area contributed by atoms with Gasteiger partial charge in [0, 0.05) is 10.0 Å². The van der Waals surface area contributed by atoms with Gasteiger partial charge < -0.3 is 15.2 Å². The smallest absolute Gasteiger partial charge is 0.326 e. The maximum Gasteiger partial charge on any atom is 0.326 e. The zero-order valence-electron chi connectivity index (χ0n) is 11.2. The molecule has 2 rings (SSSR count). The van der Waals surface area contributed by atoms with E-state index in [2.05, 4.69) is 21.2 Å². The number of hydrogen-bond acceptors (Lipinski definition) is 3. The Bertz CT molecular complexity index is 544. The molecular formula is C14H16BrNO4. The Morgan fingerprint density at radius 3 is 2.75 bits per heavy atom. The van der Waals surface area contributed by atoms with Gasteiger partial charge >= 0.3 is 5.97 Å². The van der Waals surface area contributed by atoms with Crippen LogP contribution < -0.4 is 10.1 Å². The van der Waals surface area contributed by atoms with Gasteiger partial charge in [-0.25, -0.2) is 4.79 Å². The molecule has 5 nitrogen and oxygen atoms in total. The van der Waals surface area contributed by atoms with Crippen molar-refractivity contribution < 1.29 is 19.4 Å². The lowest BCUT2D eigenvalue weighted by Crippen LogP contribution is -2.46. The van der Waals surface area contributed by atoms with E-state index in [-0.39, 0.29) is 18.4 Å². The molecule has 0 fully saturated rings. The predicted molar refractivity (Wildman–Crippen MR) is 76.8 cm³/mol. The van der Waals surface area contributed by atoms with Gasteiger partial charge in [-0.05, 0) is 24.1 Å². The first-order chi connectivity index (χ1) is 9.40. The SMILES string of the molecule is CC(C)C(NC(=O)C1COc2ccc(Br)cc21)C(=O)O. The van der Waals surface area contributed by atoms with Gasteiger partial charge in [0.1, 0.15) is 24.3 Å². The molecule has 0 saturated carbocycles. The van der Waals surface area contributed by atoms with Gasteiger partial charge in [0.25, 0.3) is 0 Å². The number of carboxylic acid groups (broad SMARTS) is 1. The van der Waals surface area contributed by atoms with E-state index in [4.69, 9.17) is 9.84 Å². The summed E-state index contributed by atoms with van der Waals surface area (Å²) in [4.78, 5) is 23.4. The summed E-state index contributed by atoms with van der Waals surface area (Å²) in [6.45, 7) is 3.76. The number of carbonyl (C=O) groups excluding carboxylic acids is 1. The van der Waals surface area contributed by atoms with Crippen LogP contribution in [0.2, 0.25) is 0 Å². The fraction of sp³-hybridized carbons (Fsp3) is 0.429. The molecule has 2 unspecified atom stereocenters. The van der Waals surface area contributed by atoms with Crippen molar-refractivity contribution in [2.24, 2.45) is 5.92 Å². The van der Waals surface area contributed by atoms with Gasteiger partial charge in [-0.1, -0.05) is 29.8 Å². The number of ether oxygens (including phenoxy) is 1. The molecule has 0 radical (unpaired) electrons. The Labute approximate surface area is 125 Å². The highest BCUT2D eigenvalue weighted by molar-refractivity contribution is 9.10.